The second kappa shape index (κ2) is 8.86. The number of rotatable bonds is 7. The van der Waals surface area contributed by atoms with Crippen molar-refractivity contribution >= 4 is 28.7 Å². The number of esters is 1. The fourth-order valence-corrected chi connectivity index (χ4v) is 4.22. The third-order valence-electron chi connectivity index (χ3n) is 5.80. The largest absolute Gasteiger partial charge is 0.461 e. The Morgan fingerprint density at radius 3 is 2.24 bits per heavy atom. The molecule has 0 atom stereocenters. The van der Waals surface area contributed by atoms with Crippen LogP contribution in [0, 0.1) is 0 Å². The summed E-state index contributed by atoms with van der Waals surface area (Å²) in [5, 5.41) is 0.771. The van der Waals surface area contributed by atoms with Gasteiger partial charge in [0.25, 0.3) is 11.8 Å². The average molecular weight is 454 g/mol. The van der Waals surface area contributed by atoms with Crippen LogP contribution in [0.1, 0.15) is 43.7 Å². The van der Waals surface area contributed by atoms with E-state index < -0.39 is 5.97 Å². The van der Waals surface area contributed by atoms with Gasteiger partial charge in [0.15, 0.2) is 0 Å². The minimum absolute atomic E-state index is 0.134. The molecular formula is C27H22N2O5. The highest BCUT2D eigenvalue weighted by Gasteiger charge is 2.35. The Labute approximate surface area is 195 Å². The van der Waals surface area contributed by atoms with Gasteiger partial charge < -0.3 is 14.5 Å². The van der Waals surface area contributed by atoms with Gasteiger partial charge in [0.05, 0.1) is 17.7 Å². The zero-order chi connectivity index (χ0) is 23.7. The van der Waals surface area contributed by atoms with E-state index >= 15 is 0 Å². The number of para-hydroxylation sites is 1. The van der Waals surface area contributed by atoms with Crippen molar-refractivity contribution < 1.29 is 23.9 Å². The van der Waals surface area contributed by atoms with E-state index in [-0.39, 0.29) is 31.4 Å². The predicted molar refractivity (Wildman–Crippen MR) is 126 cm³/mol. The Kier molecular flexibility index (Phi) is 5.59. The van der Waals surface area contributed by atoms with Crippen LogP contribution >= 0.6 is 0 Å². The number of carbonyl (C=O) groups excluding carboxylic acids is 3. The molecule has 170 valence electrons. The number of nitrogens with zero attached hydrogens (tertiary/aromatic N) is 1. The number of aromatic nitrogens is 1. The molecule has 7 nitrogen and oxygen atoms in total. The van der Waals surface area contributed by atoms with Gasteiger partial charge >= 0.3 is 5.97 Å². The number of carbonyl (C=O) groups is 3. The van der Waals surface area contributed by atoms with E-state index in [4.69, 9.17) is 9.47 Å². The van der Waals surface area contributed by atoms with E-state index in [0.29, 0.717) is 33.9 Å². The van der Waals surface area contributed by atoms with Gasteiger partial charge in [0.2, 0.25) is 0 Å². The monoisotopic (exact) mass is 454 g/mol. The minimum atomic E-state index is -0.485. The zero-order valence-electron chi connectivity index (χ0n) is 18.5. The van der Waals surface area contributed by atoms with Crippen molar-refractivity contribution in [1.82, 2.24) is 9.88 Å². The number of amides is 2. The molecule has 0 fully saturated rings. The van der Waals surface area contributed by atoms with Crippen molar-refractivity contribution in [3.8, 4) is 11.5 Å². The number of nitrogens with one attached hydrogen (secondary N) is 1. The highest BCUT2D eigenvalue weighted by molar-refractivity contribution is 6.21. The summed E-state index contributed by atoms with van der Waals surface area (Å²) in [7, 11) is 0. The quantitative estimate of drug-likeness (QED) is 0.314. The maximum atomic E-state index is 12.8. The van der Waals surface area contributed by atoms with E-state index in [1.165, 1.54) is 4.90 Å². The summed E-state index contributed by atoms with van der Waals surface area (Å²) in [6, 6.07) is 21.7. The number of ether oxygens (including phenoxy) is 2. The van der Waals surface area contributed by atoms with Crippen LogP contribution in [0.25, 0.3) is 10.9 Å². The van der Waals surface area contributed by atoms with Gasteiger partial charge in [-0.25, -0.2) is 4.79 Å². The summed E-state index contributed by atoms with van der Waals surface area (Å²) < 4.78 is 11.2. The van der Waals surface area contributed by atoms with Crippen molar-refractivity contribution in [2.75, 3.05) is 13.2 Å². The molecule has 0 aliphatic carbocycles. The van der Waals surface area contributed by atoms with Crippen molar-refractivity contribution in [2.45, 2.75) is 13.3 Å². The third kappa shape index (κ3) is 3.81. The molecule has 0 saturated heterocycles. The van der Waals surface area contributed by atoms with E-state index in [1.807, 2.05) is 48.5 Å². The van der Waals surface area contributed by atoms with Crippen LogP contribution in [0.5, 0.6) is 11.5 Å². The fourth-order valence-electron chi connectivity index (χ4n) is 4.22. The molecule has 34 heavy (non-hydrogen) atoms. The molecule has 2 amide bonds. The van der Waals surface area contributed by atoms with E-state index in [0.717, 1.165) is 10.9 Å². The molecule has 1 aliphatic rings. The first-order valence-electron chi connectivity index (χ1n) is 11.1. The van der Waals surface area contributed by atoms with Gasteiger partial charge in [-0.15, -0.1) is 0 Å². The van der Waals surface area contributed by atoms with Crippen molar-refractivity contribution in [3.63, 3.8) is 0 Å². The molecule has 1 aromatic heterocycles. The normalized spacial score (nSPS) is 12.8. The standard InChI is InChI=1S/C27H22N2O5/c1-2-33-27(32)24-19(14-15-29-25(30)20-10-6-7-11-21(20)26(29)31)22-16-18(12-13-23(22)28-24)34-17-8-4-3-5-9-17/h3-13,16,28H,2,14-15H2,1H3. The number of hydrogen-bond acceptors (Lipinski definition) is 5. The molecular weight excluding hydrogens is 432 g/mol. The molecule has 2 heterocycles. The minimum Gasteiger partial charge on any atom is -0.461 e. The number of fused-ring (bicyclic) bond motifs is 2. The first-order valence-corrected chi connectivity index (χ1v) is 11.1. The lowest BCUT2D eigenvalue weighted by molar-refractivity contribution is 0.0519. The number of H-pyrrole nitrogens is 1. The van der Waals surface area contributed by atoms with Crippen molar-refractivity contribution in [3.05, 3.63) is 95.2 Å². The zero-order valence-corrected chi connectivity index (χ0v) is 18.5. The Hall–Kier alpha value is -4.39. The first-order chi connectivity index (χ1) is 16.6. The lowest BCUT2D eigenvalue weighted by Gasteiger charge is -2.14. The van der Waals surface area contributed by atoms with E-state index in [9.17, 15) is 14.4 Å². The van der Waals surface area contributed by atoms with Gasteiger partial charge in [0, 0.05) is 17.4 Å². The average Bonchev–Trinajstić information content (AvgIpc) is 3.33. The summed E-state index contributed by atoms with van der Waals surface area (Å²) in [6.07, 6.45) is 0.286. The topological polar surface area (TPSA) is 88.7 Å². The Balaban J connectivity index is 1.48. The molecule has 3 aromatic carbocycles. The van der Waals surface area contributed by atoms with Gasteiger partial charge in [-0.2, -0.15) is 0 Å². The Bertz CT molecular complexity index is 1370. The summed E-state index contributed by atoms with van der Waals surface area (Å²) >= 11 is 0. The maximum absolute atomic E-state index is 12.8. The maximum Gasteiger partial charge on any atom is 0.355 e. The van der Waals surface area contributed by atoms with E-state index in [2.05, 4.69) is 4.98 Å². The molecule has 0 saturated carbocycles. The Morgan fingerprint density at radius 1 is 0.882 bits per heavy atom. The molecule has 7 heteroatoms. The van der Waals surface area contributed by atoms with Gasteiger partial charge in [0.1, 0.15) is 17.2 Å². The first kappa shape index (κ1) is 21.5. The molecule has 0 spiro atoms. The van der Waals surface area contributed by atoms with Gasteiger partial charge in [-0.1, -0.05) is 30.3 Å². The lowest BCUT2D eigenvalue weighted by Crippen LogP contribution is -2.32. The lowest BCUT2D eigenvalue weighted by atomic mass is 10.1. The van der Waals surface area contributed by atoms with E-state index in [1.54, 1.807) is 31.2 Å². The van der Waals surface area contributed by atoms with Crippen LogP contribution in [-0.2, 0) is 11.2 Å². The predicted octanol–water partition coefficient (Wildman–Crippen LogP) is 4.98. The van der Waals surface area contributed by atoms with Gasteiger partial charge in [-0.05, 0) is 61.4 Å². The number of hydrogen-bond donors (Lipinski definition) is 1. The highest BCUT2D eigenvalue weighted by atomic mass is 16.5. The van der Waals surface area contributed by atoms with Crippen LogP contribution in [0.15, 0.2) is 72.8 Å². The summed E-state index contributed by atoms with van der Waals surface area (Å²) in [5.74, 6) is 0.157. The van der Waals surface area contributed by atoms with Crippen LogP contribution < -0.4 is 4.74 Å². The number of aromatic amines is 1. The molecule has 0 unspecified atom stereocenters. The van der Waals surface area contributed by atoms with Crippen LogP contribution in [-0.4, -0.2) is 40.8 Å². The Morgan fingerprint density at radius 2 is 1.56 bits per heavy atom. The summed E-state index contributed by atoms with van der Waals surface area (Å²) in [5.41, 5.74) is 2.51. The summed E-state index contributed by atoms with van der Waals surface area (Å²) in [6.45, 7) is 2.11. The SMILES string of the molecule is CCOC(=O)c1[nH]c2ccc(Oc3ccccc3)cc2c1CCN1C(=O)c2ccccc2C1=O. The fraction of sp³-hybridized carbons (Fsp3) is 0.148. The third-order valence-corrected chi connectivity index (χ3v) is 5.80. The molecule has 1 N–H and O–H groups in total. The smallest absolute Gasteiger partial charge is 0.355 e. The molecule has 0 radical (unpaired) electrons. The number of imide groups is 1. The second-order valence-corrected chi connectivity index (χ2v) is 7.88. The molecule has 1 aliphatic heterocycles. The van der Waals surface area contributed by atoms with Crippen LogP contribution in [0.4, 0.5) is 0 Å². The van der Waals surface area contributed by atoms with Gasteiger partial charge in [-0.3, -0.25) is 14.5 Å². The second-order valence-electron chi connectivity index (χ2n) is 7.88. The molecule has 5 rings (SSSR count). The van der Waals surface area contributed by atoms with Crippen LogP contribution in [0.2, 0.25) is 0 Å². The van der Waals surface area contributed by atoms with Crippen molar-refractivity contribution in [2.24, 2.45) is 0 Å². The molecule has 0 bridgehead atoms. The highest BCUT2D eigenvalue weighted by Crippen LogP contribution is 2.31. The van der Waals surface area contributed by atoms with Crippen LogP contribution in [0.3, 0.4) is 0 Å². The number of benzene rings is 3. The molecule has 4 aromatic rings. The summed E-state index contributed by atoms with van der Waals surface area (Å²) in [4.78, 5) is 42.6. The van der Waals surface area contributed by atoms with Crippen molar-refractivity contribution in [1.29, 1.82) is 0 Å².